The molecule has 0 saturated heterocycles. The largest absolute Gasteiger partial charge is 0.490 e. The minimum Gasteiger partial charge on any atom is -0.490 e. The van der Waals surface area contributed by atoms with Crippen molar-refractivity contribution in [1.82, 2.24) is 0 Å². The minimum atomic E-state index is -0.139. The minimum absolute atomic E-state index is 0.123. The molecule has 2 aromatic rings. The Hall–Kier alpha value is -2.20. The fourth-order valence-electron chi connectivity index (χ4n) is 2.92. The average Bonchev–Trinajstić information content (AvgIpc) is 2.58. The molecule has 2 aromatic carbocycles. The zero-order chi connectivity index (χ0) is 17.1. The summed E-state index contributed by atoms with van der Waals surface area (Å²) >= 11 is 6.39. The Bertz CT molecular complexity index is 760. The van der Waals surface area contributed by atoms with Gasteiger partial charge in [0, 0.05) is 17.7 Å². The number of carbonyl (C=O) groups excluding carboxylic acids is 1. The molecule has 0 bridgehead atoms. The fourth-order valence-corrected chi connectivity index (χ4v) is 3.20. The van der Waals surface area contributed by atoms with E-state index in [1.807, 2.05) is 50.2 Å². The van der Waals surface area contributed by atoms with Crippen LogP contribution in [0.2, 0.25) is 5.02 Å². The van der Waals surface area contributed by atoms with Gasteiger partial charge >= 0.3 is 0 Å². The highest BCUT2D eigenvalue weighted by Crippen LogP contribution is 2.41. The Kier molecular flexibility index (Phi) is 4.95. The summed E-state index contributed by atoms with van der Waals surface area (Å²) in [4.78, 5) is 12.4. The molecular formula is C19H20ClNO3. The number of Topliss-reactive ketones (excluding diaryl/α,β-unsaturated/α-hetero) is 1. The summed E-state index contributed by atoms with van der Waals surface area (Å²) in [7, 11) is 0. The molecule has 24 heavy (non-hydrogen) atoms. The second kappa shape index (κ2) is 7.14. The van der Waals surface area contributed by atoms with Gasteiger partial charge < -0.3 is 14.8 Å². The molecule has 1 N–H and O–H groups in total. The lowest BCUT2D eigenvalue weighted by atomic mass is 9.92. The molecule has 0 amide bonds. The van der Waals surface area contributed by atoms with Crippen molar-refractivity contribution in [2.24, 2.45) is 0 Å². The van der Waals surface area contributed by atoms with Crippen LogP contribution in [-0.4, -0.2) is 19.0 Å². The topological polar surface area (TPSA) is 47.6 Å². The number of carbonyl (C=O) groups is 1. The summed E-state index contributed by atoms with van der Waals surface area (Å²) in [6.07, 6.45) is 0.382. The highest BCUT2D eigenvalue weighted by molar-refractivity contribution is 6.32. The maximum atomic E-state index is 12.4. The number of benzene rings is 2. The molecule has 1 heterocycles. The van der Waals surface area contributed by atoms with E-state index >= 15 is 0 Å². The number of halogens is 1. The van der Waals surface area contributed by atoms with Crippen LogP contribution in [0.25, 0.3) is 0 Å². The Labute approximate surface area is 146 Å². The highest BCUT2D eigenvalue weighted by Gasteiger charge is 2.26. The van der Waals surface area contributed by atoms with Crippen LogP contribution < -0.4 is 14.8 Å². The molecule has 126 valence electrons. The molecule has 0 fully saturated rings. The molecule has 1 unspecified atom stereocenters. The number of rotatable bonds is 5. The van der Waals surface area contributed by atoms with E-state index in [1.165, 1.54) is 0 Å². The lowest BCUT2D eigenvalue weighted by Crippen LogP contribution is -2.22. The number of nitrogens with one attached hydrogen (secondary N) is 1. The summed E-state index contributed by atoms with van der Waals surface area (Å²) in [5.74, 6) is 1.28. The van der Waals surface area contributed by atoms with Crippen molar-refractivity contribution in [2.75, 3.05) is 18.5 Å². The molecule has 1 aliphatic rings. The summed E-state index contributed by atoms with van der Waals surface area (Å²) in [5, 5.41) is 3.91. The van der Waals surface area contributed by atoms with E-state index in [4.69, 9.17) is 21.1 Å². The van der Waals surface area contributed by atoms with Crippen LogP contribution in [0, 0.1) is 0 Å². The predicted molar refractivity (Wildman–Crippen MR) is 95.5 cm³/mol. The Morgan fingerprint density at radius 3 is 2.67 bits per heavy atom. The van der Waals surface area contributed by atoms with Crippen molar-refractivity contribution in [3.63, 3.8) is 0 Å². The lowest BCUT2D eigenvalue weighted by molar-refractivity contribution is 0.0972. The Morgan fingerprint density at radius 1 is 1.17 bits per heavy atom. The third-order valence-electron chi connectivity index (χ3n) is 3.97. The molecule has 1 atom stereocenters. The number of ether oxygens (including phenoxy) is 2. The van der Waals surface area contributed by atoms with Gasteiger partial charge in [0.1, 0.15) is 0 Å². The van der Waals surface area contributed by atoms with Crippen molar-refractivity contribution in [3.8, 4) is 11.5 Å². The van der Waals surface area contributed by atoms with Gasteiger partial charge in [-0.3, -0.25) is 4.79 Å². The SMILES string of the molecule is CCOc1cc(C2CC(=O)c3ccccc3N2)cc(Cl)c1OCC. The van der Waals surface area contributed by atoms with E-state index in [1.54, 1.807) is 0 Å². The molecule has 3 rings (SSSR count). The highest BCUT2D eigenvalue weighted by atomic mass is 35.5. The van der Waals surface area contributed by atoms with E-state index in [0.29, 0.717) is 36.2 Å². The van der Waals surface area contributed by atoms with Gasteiger partial charge in [0.15, 0.2) is 17.3 Å². The van der Waals surface area contributed by atoms with Crippen LogP contribution in [0.3, 0.4) is 0 Å². The summed E-state index contributed by atoms with van der Waals surface area (Å²) < 4.78 is 11.3. The van der Waals surface area contributed by atoms with Gasteiger partial charge in [-0.05, 0) is 43.7 Å². The summed E-state index contributed by atoms with van der Waals surface area (Å²) in [5.41, 5.74) is 2.49. The van der Waals surface area contributed by atoms with Crippen molar-refractivity contribution in [2.45, 2.75) is 26.3 Å². The molecule has 1 aliphatic heterocycles. The van der Waals surface area contributed by atoms with Crippen LogP contribution in [0.15, 0.2) is 36.4 Å². The van der Waals surface area contributed by atoms with Crippen molar-refractivity contribution < 1.29 is 14.3 Å². The van der Waals surface area contributed by atoms with Crippen LogP contribution in [0.5, 0.6) is 11.5 Å². The number of para-hydroxylation sites is 1. The zero-order valence-electron chi connectivity index (χ0n) is 13.8. The van der Waals surface area contributed by atoms with Gasteiger partial charge in [-0.1, -0.05) is 23.7 Å². The first kappa shape index (κ1) is 16.7. The van der Waals surface area contributed by atoms with Gasteiger partial charge in [0.2, 0.25) is 0 Å². The summed E-state index contributed by atoms with van der Waals surface area (Å²) in [6.45, 7) is 4.83. The molecule has 0 aromatic heterocycles. The van der Waals surface area contributed by atoms with E-state index in [0.717, 1.165) is 16.8 Å². The first-order valence-electron chi connectivity index (χ1n) is 8.11. The number of fused-ring (bicyclic) bond motifs is 1. The van der Waals surface area contributed by atoms with Crippen molar-refractivity contribution >= 4 is 23.1 Å². The number of hydrogen-bond acceptors (Lipinski definition) is 4. The molecule has 0 radical (unpaired) electrons. The maximum absolute atomic E-state index is 12.4. The molecular weight excluding hydrogens is 326 g/mol. The second-order valence-electron chi connectivity index (χ2n) is 5.57. The quantitative estimate of drug-likeness (QED) is 0.839. The maximum Gasteiger partial charge on any atom is 0.179 e. The fraction of sp³-hybridized carbons (Fsp3) is 0.316. The standard InChI is InChI=1S/C19H20ClNO3/c1-3-23-18-10-12(9-14(20)19(18)24-4-2)16-11-17(22)13-7-5-6-8-15(13)21-16/h5-10,16,21H,3-4,11H2,1-2H3. The number of hydrogen-bond donors (Lipinski definition) is 1. The van der Waals surface area contributed by atoms with E-state index in [2.05, 4.69) is 5.32 Å². The van der Waals surface area contributed by atoms with Gasteiger partial charge in [-0.15, -0.1) is 0 Å². The zero-order valence-corrected chi connectivity index (χ0v) is 14.5. The van der Waals surface area contributed by atoms with Crippen LogP contribution in [0.4, 0.5) is 5.69 Å². The third kappa shape index (κ3) is 3.20. The predicted octanol–water partition coefficient (Wildman–Crippen LogP) is 4.88. The number of ketones is 1. The van der Waals surface area contributed by atoms with Crippen molar-refractivity contribution in [1.29, 1.82) is 0 Å². The van der Waals surface area contributed by atoms with E-state index in [9.17, 15) is 4.79 Å². The van der Waals surface area contributed by atoms with Crippen LogP contribution in [-0.2, 0) is 0 Å². The molecule has 5 heteroatoms. The second-order valence-corrected chi connectivity index (χ2v) is 5.97. The molecule has 0 saturated carbocycles. The molecule has 0 spiro atoms. The Balaban J connectivity index is 1.97. The van der Waals surface area contributed by atoms with Crippen LogP contribution >= 0.6 is 11.6 Å². The van der Waals surface area contributed by atoms with Crippen molar-refractivity contribution in [3.05, 3.63) is 52.5 Å². The summed E-state index contributed by atoms with van der Waals surface area (Å²) in [6, 6.07) is 11.2. The first-order valence-corrected chi connectivity index (χ1v) is 8.49. The average molecular weight is 346 g/mol. The number of anilines is 1. The van der Waals surface area contributed by atoms with Crippen LogP contribution in [0.1, 0.15) is 42.2 Å². The van der Waals surface area contributed by atoms with Gasteiger partial charge in [-0.25, -0.2) is 0 Å². The normalized spacial score (nSPS) is 16.3. The molecule has 4 nitrogen and oxygen atoms in total. The Morgan fingerprint density at radius 2 is 1.92 bits per heavy atom. The molecule has 0 aliphatic carbocycles. The van der Waals surface area contributed by atoms with Gasteiger partial charge in [0.05, 0.1) is 24.3 Å². The smallest absolute Gasteiger partial charge is 0.179 e. The van der Waals surface area contributed by atoms with Gasteiger partial charge in [-0.2, -0.15) is 0 Å². The third-order valence-corrected chi connectivity index (χ3v) is 4.25. The van der Waals surface area contributed by atoms with E-state index < -0.39 is 0 Å². The monoisotopic (exact) mass is 345 g/mol. The van der Waals surface area contributed by atoms with E-state index in [-0.39, 0.29) is 11.8 Å². The van der Waals surface area contributed by atoms with Gasteiger partial charge in [0.25, 0.3) is 0 Å². The lowest BCUT2D eigenvalue weighted by Gasteiger charge is -2.27. The first-order chi connectivity index (χ1) is 11.6.